The number of ether oxygens (including phenoxy) is 2. The van der Waals surface area contributed by atoms with Crippen LogP contribution in [0.3, 0.4) is 0 Å². The fourth-order valence-corrected chi connectivity index (χ4v) is 2.02. The van der Waals surface area contributed by atoms with E-state index >= 15 is 0 Å². The summed E-state index contributed by atoms with van der Waals surface area (Å²) in [5.41, 5.74) is -0.662. The maximum absolute atomic E-state index is 5.77. The second kappa shape index (κ2) is 3.70. The Morgan fingerprint density at radius 2 is 2.35 bits per heavy atom. The van der Waals surface area contributed by atoms with Gasteiger partial charge < -0.3 is 13.9 Å². The average Bonchev–Trinajstić information content (AvgIpc) is 2.94. The van der Waals surface area contributed by atoms with Gasteiger partial charge in [-0.3, -0.25) is 0 Å². The van der Waals surface area contributed by atoms with Crippen molar-refractivity contribution in [2.45, 2.75) is 32.0 Å². The minimum absolute atomic E-state index is 0.178. The highest BCUT2D eigenvalue weighted by Gasteiger charge is 2.65. The minimum Gasteiger partial charge on any atom is -0.466 e. The molecule has 5 nitrogen and oxygen atoms in total. The van der Waals surface area contributed by atoms with Gasteiger partial charge in [0.2, 0.25) is 5.89 Å². The first kappa shape index (κ1) is 10.5. The number of hydrogen-bond acceptors (Lipinski definition) is 5. The van der Waals surface area contributed by atoms with Gasteiger partial charge >= 0.3 is 0 Å². The molecule has 1 saturated heterocycles. The van der Waals surface area contributed by atoms with E-state index in [-0.39, 0.29) is 6.10 Å². The van der Waals surface area contributed by atoms with Crippen LogP contribution in [-0.4, -0.2) is 22.9 Å². The van der Waals surface area contributed by atoms with Gasteiger partial charge in [0.25, 0.3) is 11.5 Å². The summed E-state index contributed by atoms with van der Waals surface area (Å²) in [5.74, 6) is 1.85. The van der Waals surface area contributed by atoms with Crippen molar-refractivity contribution in [3.63, 3.8) is 0 Å². The van der Waals surface area contributed by atoms with Crippen molar-refractivity contribution in [1.29, 1.82) is 0 Å². The fourth-order valence-electron chi connectivity index (χ4n) is 2.02. The molecule has 3 rings (SSSR count). The molecule has 0 saturated carbocycles. The van der Waals surface area contributed by atoms with E-state index in [0.29, 0.717) is 18.4 Å². The molecule has 0 amide bonds. The van der Waals surface area contributed by atoms with Gasteiger partial charge in [0.1, 0.15) is 6.10 Å². The third-order valence-electron chi connectivity index (χ3n) is 2.87. The normalized spacial score (nSPS) is 29.5. The highest BCUT2D eigenvalue weighted by Crippen LogP contribution is 2.55. The first-order valence-electron chi connectivity index (χ1n) is 5.77. The monoisotopic (exact) mass is 234 g/mol. The molecule has 1 aliphatic carbocycles. The molecule has 1 aromatic heterocycles. The number of aromatic nitrogens is 2. The molecule has 1 aromatic rings. The van der Waals surface area contributed by atoms with Crippen LogP contribution in [0.25, 0.3) is 0 Å². The molecule has 90 valence electrons. The molecule has 0 aromatic carbocycles. The highest BCUT2D eigenvalue weighted by molar-refractivity contribution is 5.41. The molecular formula is C12H14N2O3. The molecule has 1 aliphatic heterocycles. The maximum Gasteiger partial charge on any atom is 0.271 e. The predicted octanol–water partition coefficient (Wildman–Crippen LogP) is 1.85. The molecule has 17 heavy (non-hydrogen) atoms. The number of fused-ring (bicyclic) bond motifs is 1. The van der Waals surface area contributed by atoms with E-state index in [4.69, 9.17) is 13.9 Å². The summed E-state index contributed by atoms with van der Waals surface area (Å²) in [6.45, 7) is 4.51. The van der Waals surface area contributed by atoms with Gasteiger partial charge in [-0.2, -0.15) is 0 Å². The Morgan fingerprint density at radius 1 is 1.47 bits per heavy atom. The highest BCUT2D eigenvalue weighted by atomic mass is 16.6. The Kier molecular flexibility index (Phi) is 2.29. The van der Waals surface area contributed by atoms with Crippen LogP contribution in [-0.2, 0) is 15.1 Å². The van der Waals surface area contributed by atoms with Gasteiger partial charge in [-0.1, -0.05) is 19.1 Å². The zero-order valence-corrected chi connectivity index (χ0v) is 9.84. The fraction of sp³-hybridized carbons (Fsp3) is 0.500. The number of aryl methyl sites for hydroxylation is 1. The molecule has 2 atom stereocenters. The van der Waals surface area contributed by atoms with Crippen molar-refractivity contribution in [2.75, 3.05) is 6.61 Å². The Labute approximate surface area is 99.1 Å². The second-order valence-electron chi connectivity index (χ2n) is 4.17. The maximum atomic E-state index is 5.77. The molecule has 0 radical (unpaired) electrons. The molecule has 2 unspecified atom stereocenters. The van der Waals surface area contributed by atoms with Gasteiger partial charge in [0.15, 0.2) is 5.76 Å². The summed E-state index contributed by atoms with van der Waals surface area (Å²) in [7, 11) is 0. The Hall–Kier alpha value is -1.62. The quantitative estimate of drug-likeness (QED) is 0.744. The van der Waals surface area contributed by atoms with Crippen LogP contribution < -0.4 is 0 Å². The van der Waals surface area contributed by atoms with Crippen molar-refractivity contribution < 1.29 is 13.9 Å². The van der Waals surface area contributed by atoms with Crippen molar-refractivity contribution >= 4 is 0 Å². The summed E-state index contributed by atoms with van der Waals surface area (Å²) < 4.78 is 16.9. The lowest BCUT2D eigenvalue weighted by Gasteiger charge is -2.18. The van der Waals surface area contributed by atoms with Crippen molar-refractivity contribution in [2.24, 2.45) is 0 Å². The summed E-state index contributed by atoms with van der Waals surface area (Å²) in [6, 6.07) is 0. The van der Waals surface area contributed by atoms with Crippen LogP contribution in [0.2, 0.25) is 0 Å². The van der Waals surface area contributed by atoms with E-state index in [9.17, 15) is 0 Å². The number of rotatable bonds is 4. The van der Waals surface area contributed by atoms with E-state index in [1.54, 1.807) is 6.92 Å². The molecule has 1 fully saturated rings. The third kappa shape index (κ3) is 1.50. The van der Waals surface area contributed by atoms with E-state index in [1.807, 2.05) is 18.2 Å². The number of epoxide rings is 1. The van der Waals surface area contributed by atoms with Gasteiger partial charge in [0.05, 0.1) is 0 Å². The van der Waals surface area contributed by atoms with Crippen molar-refractivity contribution in [3.05, 3.63) is 35.8 Å². The van der Waals surface area contributed by atoms with Gasteiger partial charge in [-0.15, -0.1) is 10.2 Å². The number of nitrogens with zero attached hydrogens (tertiary/aromatic N) is 2. The van der Waals surface area contributed by atoms with Crippen LogP contribution in [0.5, 0.6) is 0 Å². The molecule has 0 bridgehead atoms. The average molecular weight is 234 g/mol. The van der Waals surface area contributed by atoms with Gasteiger partial charge in [0, 0.05) is 13.5 Å². The SMILES string of the molecule is CCCOC1C=CC=C2OC21c1nnc(C)o1. The minimum atomic E-state index is -0.662. The summed E-state index contributed by atoms with van der Waals surface area (Å²) in [5, 5.41) is 7.89. The van der Waals surface area contributed by atoms with E-state index in [2.05, 4.69) is 17.1 Å². The molecule has 2 heterocycles. The first-order valence-corrected chi connectivity index (χ1v) is 5.77. The van der Waals surface area contributed by atoms with E-state index in [1.165, 1.54) is 0 Å². The Balaban J connectivity index is 1.90. The number of hydrogen-bond donors (Lipinski definition) is 0. The van der Waals surface area contributed by atoms with Crippen LogP contribution >= 0.6 is 0 Å². The topological polar surface area (TPSA) is 60.7 Å². The van der Waals surface area contributed by atoms with Crippen LogP contribution in [0.4, 0.5) is 0 Å². The second-order valence-corrected chi connectivity index (χ2v) is 4.17. The van der Waals surface area contributed by atoms with Gasteiger partial charge in [-0.25, -0.2) is 0 Å². The van der Waals surface area contributed by atoms with Crippen LogP contribution in [0, 0.1) is 6.92 Å². The van der Waals surface area contributed by atoms with Crippen molar-refractivity contribution in [1.82, 2.24) is 10.2 Å². The lowest BCUT2D eigenvalue weighted by atomic mass is 9.97. The molecule has 2 aliphatic rings. The zero-order valence-electron chi connectivity index (χ0n) is 9.84. The van der Waals surface area contributed by atoms with E-state index in [0.717, 1.165) is 12.2 Å². The zero-order chi connectivity index (χ0) is 11.9. The Morgan fingerprint density at radius 3 is 3.06 bits per heavy atom. The molecule has 5 heteroatoms. The molecule has 0 N–H and O–H groups in total. The van der Waals surface area contributed by atoms with Crippen LogP contribution in [0.15, 0.2) is 28.4 Å². The number of allylic oxidation sites excluding steroid dienone is 2. The first-order chi connectivity index (χ1) is 8.27. The summed E-state index contributed by atoms with van der Waals surface area (Å²) in [6.07, 6.45) is 6.59. The molecule has 0 spiro atoms. The van der Waals surface area contributed by atoms with Crippen LogP contribution in [0.1, 0.15) is 25.1 Å². The molecular weight excluding hydrogens is 220 g/mol. The lowest BCUT2D eigenvalue weighted by molar-refractivity contribution is 0.0148. The van der Waals surface area contributed by atoms with E-state index < -0.39 is 5.60 Å². The smallest absolute Gasteiger partial charge is 0.271 e. The summed E-state index contributed by atoms with van der Waals surface area (Å²) >= 11 is 0. The van der Waals surface area contributed by atoms with Gasteiger partial charge in [-0.05, 0) is 12.5 Å². The standard InChI is InChI=1S/C12H14N2O3/c1-3-7-15-9-5-4-6-10-12(9,17-10)11-14-13-8(2)16-11/h4-6,9H,3,7H2,1-2H3. The third-order valence-corrected chi connectivity index (χ3v) is 2.87. The predicted molar refractivity (Wildman–Crippen MR) is 59.1 cm³/mol. The largest absolute Gasteiger partial charge is 0.466 e. The lowest BCUT2D eigenvalue weighted by Crippen LogP contribution is -2.30. The summed E-state index contributed by atoms with van der Waals surface area (Å²) in [4.78, 5) is 0. The Bertz CT molecular complexity index is 492. The van der Waals surface area contributed by atoms with Crippen molar-refractivity contribution in [3.8, 4) is 0 Å².